The highest BCUT2D eigenvalue weighted by molar-refractivity contribution is 5.79. The predicted octanol–water partition coefficient (Wildman–Crippen LogP) is 1.49. The number of rotatable bonds is 7. The molecule has 1 aromatic carbocycles. The number of benzene rings is 1. The number of nitrogens with zero attached hydrogens (tertiary/aromatic N) is 2. The van der Waals surface area contributed by atoms with E-state index in [9.17, 15) is 9.59 Å². The van der Waals surface area contributed by atoms with Crippen LogP contribution in [0.25, 0.3) is 0 Å². The number of carbonyl (C=O) groups is 1. The highest BCUT2D eigenvalue weighted by Gasteiger charge is 2.17. The van der Waals surface area contributed by atoms with Gasteiger partial charge < -0.3 is 14.8 Å². The van der Waals surface area contributed by atoms with E-state index < -0.39 is 6.04 Å². The van der Waals surface area contributed by atoms with Gasteiger partial charge >= 0.3 is 0 Å². The molecule has 7 heteroatoms. The average Bonchev–Trinajstić information content (AvgIpc) is 2.62. The standard InChI is InChI=1S/C18H23N3O4/c1-12-5-8-17(22)21(20-12)13(2)18(23)19-10-9-14-6-7-15(24-3)16(11-14)25-4/h5-8,11,13H,9-10H2,1-4H3,(H,19,23). The molecule has 7 nitrogen and oxygen atoms in total. The zero-order valence-electron chi connectivity index (χ0n) is 14.9. The minimum atomic E-state index is -0.669. The molecular weight excluding hydrogens is 322 g/mol. The summed E-state index contributed by atoms with van der Waals surface area (Å²) in [5, 5.41) is 6.95. The summed E-state index contributed by atoms with van der Waals surface area (Å²) in [5.74, 6) is 1.06. The quantitative estimate of drug-likeness (QED) is 0.822. The van der Waals surface area contributed by atoms with Crippen LogP contribution in [-0.4, -0.2) is 36.5 Å². The molecule has 1 unspecified atom stereocenters. The number of aryl methyl sites for hydroxylation is 1. The molecule has 2 rings (SSSR count). The second kappa shape index (κ2) is 8.32. The van der Waals surface area contributed by atoms with Gasteiger partial charge in [0.15, 0.2) is 11.5 Å². The predicted molar refractivity (Wildman–Crippen MR) is 94.2 cm³/mol. The molecular formula is C18H23N3O4. The van der Waals surface area contributed by atoms with Crippen molar-refractivity contribution in [3.8, 4) is 11.5 Å². The Kier molecular flexibility index (Phi) is 6.16. The van der Waals surface area contributed by atoms with E-state index >= 15 is 0 Å². The lowest BCUT2D eigenvalue weighted by atomic mass is 10.1. The minimum Gasteiger partial charge on any atom is -0.493 e. The molecule has 0 saturated carbocycles. The first-order chi connectivity index (χ1) is 12.0. The third-order valence-electron chi connectivity index (χ3n) is 3.87. The van der Waals surface area contributed by atoms with Crippen molar-refractivity contribution in [2.24, 2.45) is 0 Å². The first-order valence-electron chi connectivity index (χ1n) is 8.01. The third-order valence-corrected chi connectivity index (χ3v) is 3.87. The van der Waals surface area contributed by atoms with Gasteiger partial charge in [-0.1, -0.05) is 6.07 Å². The number of aromatic nitrogens is 2. The Labute approximate surface area is 146 Å². The van der Waals surface area contributed by atoms with Gasteiger partial charge in [-0.2, -0.15) is 5.10 Å². The number of methoxy groups -OCH3 is 2. The molecule has 0 bridgehead atoms. The molecule has 0 fully saturated rings. The van der Waals surface area contributed by atoms with Crippen LogP contribution in [0.2, 0.25) is 0 Å². The van der Waals surface area contributed by atoms with Crippen molar-refractivity contribution in [1.82, 2.24) is 15.1 Å². The van der Waals surface area contributed by atoms with E-state index in [4.69, 9.17) is 9.47 Å². The summed E-state index contributed by atoms with van der Waals surface area (Å²) in [5.41, 5.74) is 1.40. The van der Waals surface area contributed by atoms with Gasteiger partial charge in [0.25, 0.3) is 5.56 Å². The molecule has 0 saturated heterocycles. The smallest absolute Gasteiger partial charge is 0.267 e. The fourth-order valence-electron chi connectivity index (χ4n) is 2.42. The van der Waals surface area contributed by atoms with Crippen LogP contribution in [0.3, 0.4) is 0 Å². The number of hydrogen-bond donors (Lipinski definition) is 1. The monoisotopic (exact) mass is 345 g/mol. The molecule has 134 valence electrons. The molecule has 1 amide bonds. The largest absolute Gasteiger partial charge is 0.493 e. The summed E-state index contributed by atoms with van der Waals surface area (Å²) in [4.78, 5) is 24.1. The lowest BCUT2D eigenvalue weighted by Crippen LogP contribution is -2.37. The van der Waals surface area contributed by atoms with Gasteiger partial charge in [-0.3, -0.25) is 9.59 Å². The van der Waals surface area contributed by atoms with Crippen molar-refractivity contribution in [2.75, 3.05) is 20.8 Å². The van der Waals surface area contributed by atoms with Crippen LogP contribution < -0.4 is 20.3 Å². The summed E-state index contributed by atoms with van der Waals surface area (Å²) >= 11 is 0. The second-order valence-electron chi connectivity index (χ2n) is 5.66. The maximum Gasteiger partial charge on any atom is 0.267 e. The van der Waals surface area contributed by atoms with Crippen LogP contribution in [0.15, 0.2) is 35.1 Å². The highest BCUT2D eigenvalue weighted by Crippen LogP contribution is 2.27. The third kappa shape index (κ3) is 4.59. The van der Waals surface area contributed by atoms with Crippen molar-refractivity contribution < 1.29 is 14.3 Å². The van der Waals surface area contributed by atoms with Gasteiger partial charge in [0.1, 0.15) is 6.04 Å². The lowest BCUT2D eigenvalue weighted by molar-refractivity contribution is -0.124. The summed E-state index contributed by atoms with van der Waals surface area (Å²) < 4.78 is 11.7. The maximum atomic E-state index is 12.3. The van der Waals surface area contributed by atoms with Gasteiger partial charge in [-0.15, -0.1) is 0 Å². The molecule has 0 aliphatic carbocycles. The summed E-state index contributed by atoms with van der Waals surface area (Å²) in [7, 11) is 3.16. The molecule has 1 heterocycles. The normalized spacial score (nSPS) is 11.7. The van der Waals surface area contributed by atoms with Crippen LogP contribution in [0.1, 0.15) is 24.2 Å². The number of hydrogen-bond acceptors (Lipinski definition) is 5. The zero-order chi connectivity index (χ0) is 18.4. The highest BCUT2D eigenvalue weighted by atomic mass is 16.5. The van der Waals surface area contributed by atoms with Crippen LogP contribution in [-0.2, 0) is 11.2 Å². The topological polar surface area (TPSA) is 82.5 Å². The number of ether oxygens (including phenoxy) is 2. The van der Waals surface area contributed by atoms with Crippen molar-refractivity contribution in [2.45, 2.75) is 26.3 Å². The second-order valence-corrected chi connectivity index (χ2v) is 5.66. The van der Waals surface area contributed by atoms with E-state index in [1.165, 1.54) is 10.7 Å². The first-order valence-corrected chi connectivity index (χ1v) is 8.01. The van der Waals surface area contributed by atoms with Crippen LogP contribution in [0, 0.1) is 6.92 Å². The first kappa shape index (κ1) is 18.5. The van der Waals surface area contributed by atoms with Crippen molar-refractivity contribution in [3.05, 3.63) is 51.9 Å². The van der Waals surface area contributed by atoms with Crippen molar-refractivity contribution in [1.29, 1.82) is 0 Å². The zero-order valence-corrected chi connectivity index (χ0v) is 14.9. The van der Waals surface area contributed by atoms with E-state index in [1.807, 2.05) is 18.2 Å². The van der Waals surface area contributed by atoms with Gasteiger partial charge in [0.05, 0.1) is 19.9 Å². The summed E-state index contributed by atoms with van der Waals surface area (Å²) in [6.45, 7) is 3.87. The van der Waals surface area contributed by atoms with Gasteiger partial charge in [0, 0.05) is 12.6 Å². The lowest BCUT2D eigenvalue weighted by Gasteiger charge is -2.14. The Bertz CT molecular complexity index is 801. The van der Waals surface area contributed by atoms with Gasteiger partial charge in [-0.05, 0) is 44.0 Å². The number of amides is 1. The van der Waals surface area contributed by atoms with Crippen LogP contribution in [0.5, 0.6) is 11.5 Å². The Hall–Kier alpha value is -2.83. The molecule has 1 atom stereocenters. The maximum absolute atomic E-state index is 12.3. The Morgan fingerprint density at radius 1 is 1.20 bits per heavy atom. The van der Waals surface area contributed by atoms with E-state index in [2.05, 4.69) is 10.4 Å². The molecule has 0 aliphatic rings. The molecule has 0 radical (unpaired) electrons. The van der Waals surface area contributed by atoms with Gasteiger partial charge in [-0.25, -0.2) is 4.68 Å². The van der Waals surface area contributed by atoms with Crippen molar-refractivity contribution >= 4 is 5.91 Å². The van der Waals surface area contributed by atoms with Crippen LogP contribution >= 0.6 is 0 Å². The fourth-order valence-corrected chi connectivity index (χ4v) is 2.42. The van der Waals surface area contributed by atoms with E-state index in [0.29, 0.717) is 30.2 Å². The summed E-state index contributed by atoms with van der Waals surface area (Å²) in [6, 6.07) is 7.99. The Balaban J connectivity index is 1.96. The van der Waals surface area contributed by atoms with Gasteiger partial charge in [0.2, 0.25) is 5.91 Å². The van der Waals surface area contributed by atoms with E-state index in [0.717, 1.165) is 5.56 Å². The molecule has 1 N–H and O–H groups in total. The Morgan fingerprint density at radius 2 is 1.92 bits per heavy atom. The van der Waals surface area contributed by atoms with E-state index in [-0.39, 0.29) is 11.5 Å². The molecule has 25 heavy (non-hydrogen) atoms. The molecule has 0 spiro atoms. The molecule has 0 aliphatic heterocycles. The van der Waals surface area contributed by atoms with Crippen LogP contribution in [0.4, 0.5) is 0 Å². The van der Waals surface area contributed by atoms with Crippen molar-refractivity contribution in [3.63, 3.8) is 0 Å². The van der Waals surface area contributed by atoms with E-state index in [1.54, 1.807) is 34.1 Å². The average molecular weight is 345 g/mol. The Morgan fingerprint density at radius 3 is 2.60 bits per heavy atom. The SMILES string of the molecule is COc1ccc(CCNC(=O)C(C)n2nc(C)ccc2=O)cc1OC. The molecule has 1 aromatic heterocycles. The minimum absolute atomic E-state index is 0.249. The molecule has 2 aromatic rings. The number of carbonyl (C=O) groups excluding carboxylic acids is 1. The fraction of sp³-hybridized carbons (Fsp3) is 0.389. The summed E-state index contributed by atoms with van der Waals surface area (Å²) in [6.07, 6.45) is 0.634. The number of nitrogens with one attached hydrogen (secondary N) is 1.